The number of nitrogens with zero attached hydrogens (tertiary/aromatic N) is 1. The predicted molar refractivity (Wildman–Crippen MR) is 141 cm³/mol. The van der Waals surface area contributed by atoms with Gasteiger partial charge in [-0.25, -0.2) is 31.1 Å². The summed E-state index contributed by atoms with van der Waals surface area (Å²) >= 11 is -0.0200. The number of aromatic hydroxyl groups is 1. The van der Waals surface area contributed by atoms with Crippen LogP contribution in [0.25, 0.3) is 0 Å². The molecule has 0 radical (unpaired) electrons. The largest absolute Gasteiger partial charge is 0.507 e. The van der Waals surface area contributed by atoms with Gasteiger partial charge in [-0.3, -0.25) is 9.52 Å². The summed E-state index contributed by atoms with van der Waals surface area (Å²) in [6.45, 7) is -1.01. The number of hydrogen-bond donors (Lipinski definition) is 3. The first kappa shape index (κ1) is 31.2. The predicted octanol–water partition coefficient (Wildman–Crippen LogP) is 6.14. The topological polar surface area (TPSA) is 105 Å². The maximum atomic E-state index is 15.2. The van der Waals surface area contributed by atoms with Crippen LogP contribution < -0.4 is 15.5 Å². The molecule has 0 atom stereocenters. The Morgan fingerprint density at radius 1 is 0.929 bits per heavy atom. The smallest absolute Gasteiger partial charge is 0.360 e. The van der Waals surface area contributed by atoms with Crippen LogP contribution in [0.3, 0.4) is 0 Å². The van der Waals surface area contributed by atoms with Crippen LogP contribution in [0.15, 0.2) is 41.3 Å². The van der Waals surface area contributed by atoms with Crippen molar-refractivity contribution in [3.63, 3.8) is 0 Å². The third-order valence-electron chi connectivity index (χ3n) is 6.95. The number of amides is 1. The highest BCUT2D eigenvalue weighted by atomic mass is 32.2. The van der Waals surface area contributed by atoms with E-state index in [0.717, 1.165) is 42.2 Å². The lowest BCUT2D eigenvalue weighted by Crippen LogP contribution is -2.37. The number of carbonyl (C=O) groups excluding carboxylic acids is 2. The van der Waals surface area contributed by atoms with Gasteiger partial charge in [-0.15, -0.1) is 0 Å². The molecule has 0 spiro atoms. The van der Waals surface area contributed by atoms with Gasteiger partial charge in [0.05, 0.1) is 18.8 Å². The van der Waals surface area contributed by atoms with Crippen LogP contribution in [0.4, 0.5) is 32.0 Å². The van der Waals surface area contributed by atoms with E-state index in [4.69, 9.17) is 5.90 Å². The molecule has 0 saturated heterocycles. The zero-order valence-corrected chi connectivity index (χ0v) is 22.7. The summed E-state index contributed by atoms with van der Waals surface area (Å²) in [6.07, 6.45) is 5.54. The number of nitrogens with two attached hydrogens (primary N) is 1. The van der Waals surface area contributed by atoms with Gasteiger partial charge >= 0.3 is 5.97 Å². The first-order valence-electron chi connectivity index (χ1n) is 12.8. The van der Waals surface area contributed by atoms with Crippen molar-refractivity contribution in [1.29, 1.82) is 0 Å². The van der Waals surface area contributed by atoms with Crippen molar-refractivity contribution >= 4 is 29.5 Å². The lowest BCUT2D eigenvalue weighted by molar-refractivity contribution is -0.117. The zero-order valence-electron chi connectivity index (χ0n) is 21.9. The summed E-state index contributed by atoms with van der Waals surface area (Å²) < 4.78 is 85.9. The van der Waals surface area contributed by atoms with Gasteiger partial charge in [0.2, 0.25) is 11.7 Å². The maximum Gasteiger partial charge on any atom is 0.360 e. The minimum atomic E-state index is -2.33. The number of rotatable bonds is 9. The average molecular weight is 614 g/mol. The molecule has 4 N–H and O–H groups in total. The van der Waals surface area contributed by atoms with Crippen molar-refractivity contribution in [3.8, 4) is 5.75 Å². The molecule has 7 nitrogen and oxygen atoms in total. The number of anilines is 1. The van der Waals surface area contributed by atoms with Crippen molar-refractivity contribution in [3.05, 3.63) is 88.0 Å². The van der Waals surface area contributed by atoms with E-state index in [9.17, 15) is 36.6 Å². The van der Waals surface area contributed by atoms with Crippen molar-refractivity contribution < 1.29 is 45.9 Å². The first-order valence-corrected chi connectivity index (χ1v) is 13.6. The molecular formula is C28H25F6N3O4S. The van der Waals surface area contributed by atoms with Crippen molar-refractivity contribution in [2.75, 3.05) is 11.4 Å². The highest BCUT2D eigenvalue weighted by molar-refractivity contribution is 7.97. The van der Waals surface area contributed by atoms with Crippen LogP contribution in [0.5, 0.6) is 5.75 Å². The molecule has 0 heterocycles. The first-order chi connectivity index (χ1) is 20.0. The molecule has 0 bridgehead atoms. The Balaban J connectivity index is 1.59. The highest BCUT2D eigenvalue weighted by Crippen LogP contribution is 2.34. The minimum Gasteiger partial charge on any atom is -0.507 e. The normalized spacial score (nSPS) is 13.7. The van der Waals surface area contributed by atoms with E-state index in [1.54, 1.807) is 12.1 Å². The van der Waals surface area contributed by atoms with Crippen molar-refractivity contribution in [1.82, 2.24) is 4.72 Å². The van der Waals surface area contributed by atoms with Gasteiger partial charge in [-0.2, -0.15) is 5.90 Å². The summed E-state index contributed by atoms with van der Waals surface area (Å²) in [5.41, 5.74) is 0.596. The second-order valence-corrected chi connectivity index (χ2v) is 10.5. The molecule has 4 rings (SSSR count). The van der Waals surface area contributed by atoms with Gasteiger partial charge < -0.3 is 14.8 Å². The lowest BCUT2D eigenvalue weighted by Gasteiger charge is -2.25. The number of phenols is 1. The Labute approximate surface area is 240 Å². The van der Waals surface area contributed by atoms with Crippen LogP contribution in [-0.4, -0.2) is 23.5 Å². The SMILES string of the molecule is NOC(=O)c1cc(F)c(N(Cc2ccc(C3CCCCC3)cc2)C(=O)CNSc2c(F)c(F)c(F)c(F)c2F)cc1O. The van der Waals surface area contributed by atoms with E-state index in [-0.39, 0.29) is 18.5 Å². The number of nitrogens with one attached hydrogen (secondary N) is 1. The molecule has 0 aromatic heterocycles. The van der Waals surface area contributed by atoms with E-state index < -0.39 is 75.2 Å². The number of benzene rings is 3. The standard InChI is InChI=1S/C28H25F6N3O4S/c29-18-10-17(28(40)41-35)20(38)11-19(18)37(13-14-6-8-16(9-7-14)15-4-2-1-3-5-15)21(39)12-36-42-27-25(33)23(31)22(30)24(32)26(27)34/h6-11,15,36,38H,1-5,12-13,35H2. The van der Waals surface area contributed by atoms with Crippen molar-refractivity contribution in [2.45, 2.75) is 49.5 Å². The van der Waals surface area contributed by atoms with E-state index >= 15 is 4.39 Å². The molecular weight excluding hydrogens is 588 g/mol. The molecule has 1 fully saturated rings. The number of halogens is 6. The third kappa shape index (κ3) is 6.66. The molecule has 1 amide bonds. The number of phenolic OH excluding ortho intramolecular Hbond substituents is 1. The van der Waals surface area contributed by atoms with Crippen LogP contribution in [0.1, 0.15) is 59.5 Å². The van der Waals surface area contributed by atoms with E-state index in [0.29, 0.717) is 17.5 Å². The van der Waals surface area contributed by atoms with Crippen LogP contribution in [0.2, 0.25) is 0 Å². The average Bonchev–Trinajstić information content (AvgIpc) is 3.00. The molecule has 0 unspecified atom stereocenters. The van der Waals surface area contributed by atoms with Gasteiger partial charge in [0.1, 0.15) is 22.0 Å². The minimum absolute atomic E-state index is 0.0200. The van der Waals surface area contributed by atoms with Gasteiger partial charge in [0.15, 0.2) is 23.3 Å². The van der Waals surface area contributed by atoms with Crippen molar-refractivity contribution in [2.24, 2.45) is 5.90 Å². The molecule has 3 aromatic carbocycles. The molecule has 42 heavy (non-hydrogen) atoms. The Hall–Kier alpha value is -3.75. The van der Waals surface area contributed by atoms with Crippen LogP contribution in [-0.2, 0) is 16.2 Å². The highest BCUT2D eigenvalue weighted by Gasteiger charge is 2.28. The molecule has 1 aliphatic carbocycles. The van der Waals surface area contributed by atoms with Gasteiger partial charge in [-0.1, -0.05) is 43.5 Å². The van der Waals surface area contributed by atoms with E-state index in [2.05, 4.69) is 9.56 Å². The Kier molecular flexibility index (Phi) is 10.0. The Morgan fingerprint density at radius 3 is 2.12 bits per heavy atom. The van der Waals surface area contributed by atoms with Gasteiger partial charge in [0.25, 0.3) is 0 Å². The van der Waals surface area contributed by atoms with E-state index in [1.807, 2.05) is 12.1 Å². The van der Waals surface area contributed by atoms with Gasteiger partial charge in [0, 0.05) is 6.07 Å². The monoisotopic (exact) mass is 613 g/mol. The Morgan fingerprint density at radius 2 is 1.52 bits per heavy atom. The third-order valence-corrected chi connectivity index (χ3v) is 7.80. The summed E-state index contributed by atoms with van der Waals surface area (Å²) in [5, 5.41) is 10.3. The number of carbonyl (C=O) groups is 2. The fourth-order valence-electron chi connectivity index (χ4n) is 4.75. The molecule has 1 saturated carbocycles. The second-order valence-electron chi connectivity index (χ2n) is 9.60. The maximum absolute atomic E-state index is 15.2. The lowest BCUT2D eigenvalue weighted by atomic mass is 9.84. The van der Waals surface area contributed by atoms with Crippen LogP contribution >= 0.6 is 11.9 Å². The molecule has 3 aromatic rings. The van der Waals surface area contributed by atoms with Crippen LogP contribution in [0, 0.1) is 34.9 Å². The molecule has 224 valence electrons. The molecule has 0 aliphatic heterocycles. The second kappa shape index (κ2) is 13.5. The fraction of sp³-hybridized carbons (Fsp3) is 0.286. The molecule has 14 heteroatoms. The summed E-state index contributed by atoms with van der Waals surface area (Å²) in [4.78, 5) is 28.6. The fourth-order valence-corrected chi connectivity index (χ4v) is 5.44. The van der Waals surface area contributed by atoms with Gasteiger partial charge in [-0.05, 0) is 47.9 Å². The summed E-state index contributed by atoms with van der Waals surface area (Å²) in [7, 11) is 0. The quantitative estimate of drug-likeness (QED) is 0.0877. The summed E-state index contributed by atoms with van der Waals surface area (Å²) in [5.74, 6) is -9.64. The summed E-state index contributed by atoms with van der Waals surface area (Å²) in [6, 6.07) is 8.72. The zero-order chi connectivity index (χ0) is 30.6. The molecule has 1 aliphatic rings. The number of hydrogen-bond acceptors (Lipinski definition) is 7. The van der Waals surface area contributed by atoms with E-state index in [1.165, 1.54) is 6.42 Å². The Bertz CT molecular complexity index is 1460.